The molecule has 0 aliphatic carbocycles. The monoisotopic (exact) mass is 599 g/mol. The molecule has 0 heterocycles. The van der Waals surface area contributed by atoms with E-state index in [1.165, 1.54) is 16.7 Å². The number of anilines is 3. The summed E-state index contributed by atoms with van der Waals surface area (Å²) in [6.45, 7) is 0. The van der Waals surface area contributed by atoms with Crippen LogP contribution in [0.25, 0.3) is 33.4 Å². The topological polar surface area (TPSA) is 12.5 Å². The highest BCUT2D eigenvalue weighted by atomic mass is 35.5. The predicted octanol–water partition coefficient (Wildman–Crippen LogP) is 12.6. The molecule has 0 saturated heterocycles. The van der Waals surface area contributed by atoms with Crippen LogP contribution in [0.1, 0.15) is 0 Å². The van der Waals surface area contributed by atoms with Gasteiger partial charge in [-0.3, -0.25) is 0 Å². The van der Waals surface area contributed by atoms with Gasteiger partial charge in [0.2, 0.25) is 0 Å². The van der Waals surface area contributed by atoms with Crippen LogP contribution >= 0.6 is 11.6 Å². The Morgan fingerprint density at radius 1 is 0.333 bits per heavy atom. The van der Waals surface area contributed by atoms with Gasteiger partial charge in [-0.1, -0.05) is 139 Å². The van der Waals surface area contributed by atoms with Crippen LogP contribution in [0, 0.1) is 0 Å². The summed E-state index contributed by atoms with van der Waals surface area (Å²) >= 11 is 6.74. The molecule has 3 heteroatoms. The van der Waals surface area contributed by atoms with Crippen molar-refractivity contribution in [3.63, 3.8) is 0 Å². The summed E-state index contributed by atoms with van der Waals surface area (Å²) in [6.07, 6.45) is 0. The Bertz CT molecular complexity index is 1910. The maximum Gasteiger partial charge on any atom is 0.131 e. The fourth-order valence-electron chi connectivity index (χ4n) is 5.53. The summed E-state index contributed by atoms with van der Waals surface area (Å²) < 4.78 is 6.36. The van der Waals surface area contributed by atoms with Gasteiger partial charge in [0.05, 0.1) is 5.69 Å². The van der Waals surface area contributed by atoms with E-state index in [0.717, 1.165) is 39.5 Å². The molecule has 7 rings (SSSR count). The zero-order valence-corrected chi connectivity index (χ0v) is 25.3. The Hall–Kier alpha value is -5.57. The van der Waals surface area contributed by atoms with Crippen LogP contribution in [0.15, 0.2) is 182 Å². The second-order valence-electron chi connectivity index (χ2n) is 10.8. The van der Waals surface area contributed by atoms with Gasteiger partial charge in [-0.15, -0.1) is 0 Å². The van der Waals surface area contributed by atoms with Crippen LogP contribution in [0.3, 0.4) is 0 Å². The lowest BCUT2D eigenvalue weighted by Crippen LogP contribution is -2.10. The zero-order chi connectivity index (χ0) is 30.4. The van der Waals surface area contributed by atoms with Crippen molar-refractivity contribution in [1.29, 1.82) is 0 Å². The highest BCUT2D eigenvalue weighted by molar-refractivity contribution is 6.31. The number of hydrogen-bond donors (Lipinski definition) is 0. The predicted molar refractivity (Wildman–Crippen MR) is 189 cm³/mol. The van der Waals surface area contributed by atoms with Crippen LogP contribution in [-0.2, 0) is 0 Å². The number of benzene rings is 7. The van der Waals surface area contributed by atoms with Gasteiger partial charge in [-0.05, 0) is 81.9 Å². The lowest BCUT2D eigenvalue weighted by atomic mass is 10.0. The zero-order valence-electron chi connectivity index (χ0n) is 24.6. The Balaban J connectivity index is 1.24. The van der Waals surface area contributed by atoms with Crippen molar-refractivity contribution >= 4 is 28.7 Å². The Kier molecular flexibility index (Phi) is 8.13. The minimum absolute atomic E-state index is 0.593. The van der Waals surface area contributed by atoms with Crippen LogP contribution in [0.5, 0.6) is 11.5 Å². The largest absolute Gasteiger partial charge is 0.457 e. The summed E-state index contributed by atoms with van der Waals surface area (Å²) in [5.74, 6) is 1.41. The molecule has 0 radical (unpaired) electrons. The van der Waals surface area contributed by atoms with E-state index < -0.39 is 0 Å². The fourth-order valence-corrected chi connectivity index (χ4v) is 5.75. The Morgan fingerprint density at radius 3 is 1.13 bits per heavy atom. The molecular formula is C42H30ClNO. The summed E-state index contributed by atoms with van der Waals surface area (Å²) in [6, 6.07) is 62.4. The molecule has 216 valence electrons. The van der Waals surface area contributed by atoms with Gasteiger partial charge in [0.25, 0.3) is 0 Å². The third-order valence-electron chi connectivity index (χ3n) is 7.78. The molecule has 45 heavy (non-hydrogen) atoms. The number of rotatable bonds is 8. The smallest absolute Gasteiger partial charge is 0.131 e. The van der Waals surface area contributed by atoms with Crippen LogP contribution in [-0.4, -0.2) is 0 Å². The van der Waals surface area contributed by atoms with E-state index in [4.69, 9.17) is 16.3 Å². The van der Waals surface area contributed by atoms with Crippen molar-refractivity contribution in [2.75, 3.05) is 4.90 Å². The lowest BCUT2D eigenvalue weighted by Gasteiger charge is -2.26. The molecule has 0 spiro atoms. The summed E-state index contributed by atoms with van der Waals surface area (Å²) in [5.41, 5.74) is 9.92. The third-order valence-corrected chi connectivity index (χ3v) is 7.99. The molecule has 0 fully saturated rings. The van der Waals surface area contributed by atoms with Crippen LogP contribution in [0.4, 0.5) is 17.1 Å². The molecule has 0 aliphatic rings. The van der Waals surface area contributed by atoms with Gasteiger partial charge in [0.15, 0.2) is 0 Å². The van der Waals surface area contributed by atoms with Gasteiger partial charge in [-0.25, -0.2) is 0 Å². The quantitative estimate of drug-likeness (QED) is 0.172. The minimum atomic E-state index is 0.593. The molecule has 0 bridgehead atoms. The lowest BCUT2D eigenvalue weighted by molar-refractivity contribution is 0.483. The average molecular weight is 600 g/mol. The minimum Gasteiger partial charge on any atom is -0.457 e. The van der Waals surface area contributed by atoms with E-state index in [2.05, 4.69) is 126 Å². The van der Waals surface area contributed by atoms with E-state index in [0.29, 0.717) is 10.8 Å². The molecule has 0 amide bonds. The fraction of sp³-hybridized carbons (Fsp3) is 0. The average Bonchev–Trinajstić information content (AvgIpc) is 3.10. The van der Waals surface area contributed by atoms with Crippen molar-refractivity contribution in [2.45, 2.75) is 0 Å². The van der Waals surface area contributed by atoms with E-state index in [1.807, 2.05) is 60.7 Å². The maximum absolute atomic E-state index is 6.74. The first-order valence-corrected chi connectivity index (χ1v) is 15.3. The molecule has 0 N–H and O–H groups in total. The molecule has 0 unspecified atom stereocenters. The van der Waals surface area contributed by atoms with Crippen molar-refractivity contribution in [1.82, 2.24) is 0 Å². The summed E-state index contributed by atoms with van der Waals surface area (Å²) in [4.78, 5) is 2.21. The third kappa shape index (κ3) is 6.52. The van der Waals surface area contributed by atoms with Gasteiger partial charge < -0.3 is 9.64 Å². The molecule has 0 atom stereocenters. The normalized spacial score (nSPS) is 10.8. The van der Waals surface area contributed by atoms with E-state index >= 15 is 0 Å². The number of ether oxygens (including phenoxy) is 1. The summed E-state index contributed by atoms with van der Waals surface area (Å²) in [7, 11) is 0. The summed E-state index contributed by atoms with van der Waals surface area (Å²) in [5, 5.41) is 0.593. The molecule has 0 aromatic heterocycles. The first-order valence-electron chi connectivity index (χ1n) is 14.9. The molecule has 7 aromatic carbocycles. The van der Waals surface area contributed by atoms with Gasteiger partial charge in [0.1, 0.15) is 11.5 Å². The van der Waals surface area contributed by atoms with Gasteiger partial charge >= 0.3 is 0 Å². The number of halogens is 1. The highest BCUT2D eigenvalue weighted by Gasteiger charge is 2.16. The second-order valence-corrected chi connectivity index (χ2v) is 11.2. The second kappa shape index (κ2) is 13.0. The molecule has 0 saturated carbocycles. The van der Waals surface area contributed by atoms with Crippen molar-refractivity contribution in [3.8, 4) is 44.9 Å². The Labute approximate surface area is 269 Å². The first-order chi connectivity index (χ1) is 22.2. The number of nitrogens with zero attached hydrogens (tertiary/aromatic N) is 1. The SMILES string of the molecule is Clc1cc(Oc2ccc(-c3ccccc3)cc2)cc(N(c2ccc(-c3ccccc3)cc2)c2ccc(-c3ccccc3)cc2)c1. The Morgan fingerprint density at radius 2 is 0.711 bits per heavy atom. The standard InChI is InChI=1S/C42H30ClNO/c43-37-28-40(30-42(29-37)45-41-26-20-36(21-27-41)33-14-8-3-9-15-33)44(38-22-16-34(17-23-38)31-10-4-1-5-11-31)39-24-18-35(19-25-39)32-12-6-2-7-13-32/h1-30H. The van der Waals surface area contributed by atoms with Crippen LogP contribution in [0.2, 0.25) is 5.02 Å². The number of hydrogen-bond acceptors (Lipinski definition) is 2. The molecule has 2 nitrogen and oxygen atoms in total. The van der Waals surface area contributed by atoms with Crippen molar-refractivity contribution in [3.05, 3.63) is 187 Å². The van der Waals surface area contributed by atoms with Crippen molar-refractivity contribution in [2.24, 2.45) is 0 Å². The maximum atomic E-state index is 6.74. The van der Waals surface area contributed by atoms with Crippen molar-refractivity contribution < 1.29 is 4.74 Å². The molecule has 0 aliphatic heterocycles. The molecular weight excluding hydrogens is 570 g/mol. The van der Waals surface area contributed by atoms with E-state index in [9.17, 15) is 0 Å². The van der Waals surface area contributed by atoms with E-state index in [1.54, 1.807) is 0 Å². The van der Waals surface area contributed by atoms with Crippen LogP contribution < -0.4 is 9.64 Å². The first kappa shape index (κ1) is 28.2. The van der Waals surface area contributed by atoms with Gasteiger partial charge in [-0.2, -0.15) is 0 Å². The molecule has 7 aromatic rings. The highest BCUT2D eigenvalue weighted by Crippen LogP contribution is 2.40. The van der Waals surface area contributed by atoms with E-state index in [-0.39, 0.29) is 0 Å². The van der Waals surface area contributed by atoms with Gasteiger partial charge in [0, 0.05) is 22.5 Å².